The van der Waals surface area contributed by atoms with Gasteiger partial charge in [-0.05, 0) is 20.8 Å². The van der Waals surface area contributed by atoms with Gasteiger partial charge in [0.15, 0.2) is 12.1 Å². The predicted octanol–water partition coefficient (Wildman–Crippen LogP) is 0.259. The van der Waals surface area contributed by atoms with Crippen molar-refractivity contribution in [3.8, 4) is 0 Å². The van der Waals surface area contributed by atoms with E-state index in [0.29, 0.717) is 0 Å². The van der Waals surface area contributed by atoms with E-state index in [1.165, 1.54) is 0 Å². The van der Waals surface area contributed by atoms with Gasteiger partial charge >= 0.3 is 0 Å². The van der Waals surface area contributed by atoms with Gasteiger partial charge in [0.2, 0.25) is 0 Å². The smallest absolute Gasteiger partial charge is 0.186 e. The molecule has 0 aromatic heterocycles. The Morgan fingerprint density at radius 3 is 2.40 bits per heavy atom. The monoisotopic (exact) mass is 218 g/mol. The molecule has 0 spiro atoms. The van der Waals surface area contributed by atoms with Crippen LogP contribution in [0.2, 0.25) is 0 Å². The summed E-state index contributed by atoms with van der Waals surface area (Å²) in [5.74, 6) is -0.694. The van der Waals surface area contributed by atoms with Crippen LogP contribution in [0, 0.1) is 0 Å². The van der Waals surface area contributed by atoms with Gasteiger partial charge in [0, 0.05) is 7.11 Å². The van der Waals surface area contributed by atoms with E-state index in [1.807, 2.05) is 13.8 Å². The molecule has 2 aliphatic heterocycles. The van der Waals surface area contributed by atoms with Crippen LogP contribution in [0.25, 0.3) is 0 Å². The van der Waals surface area contributed by atoms with Crippen molar-refractivity contribution in [1.29, 1.82) is 0 Å². The summed E-state index contributed by atoms with van der Waals surface area (Å²) >= 11 is 0. The highest BCUT2D eigenvalue weighted by Gasteiger charge is 2.54. The first-order valence-corrected chi connectivity index (χ1v) is 5.16. The lowest BCUT2D eigenvalue weighted by Crippen LogP contribution is -2.55. The van der Waals surface area contributed by atoms with Gasteiger partial charge in [0.1, 0.15) is 18.3 Å². The standard InChI is InChI=1S/C10H18O5/c1-5-6(11)7-8(9(12-4)13-5)15-10(2,3)14-7/h5-9,11H,1-4H3/t5-,6-,7+,8+,9-/m1/s1. The number of aliphatic hydroxyl groups excluding tert-OH is 1. The lowest BCUT2D eigenvalue weighted by molar-refractivity contribution is -0.262. The van der Waals surface area contributed by atoms with Gasteiger partial charge in [0.25, 0.3) is 0 Å². The SMILES string of the molecule is CO[C@@H]1O[C@H](C)[C@@H](O)[C@@H]2OC(C)(C)O[C@H]12. The zero-order valence-electron chi connectivity index (χ0n) is 9.47. The molecule has 2 rings (SSSR count). The van der Waals surface area contributed by atoms with Crippen molar-refractivity contribution in [2.45, 2.75) is 57.3 Å². The summed E-state index contributed by atoms with van der Waals surface area (Å²) in [6, 6.07) is 0. The van der Waals surface area contributed by atoms with E-state index < -0.39 is 18.2 Å². The first-order chi connectivity index (χ1) is 6.94. The first-order valence-electron chi connectivity index (χ1n) is 5.16. The minimum absolute atomic E-state index is 0.311. The van der Waals surface area contributed by atoms with Gasteiger partial charge < -0.3 is 24.1 Å². The molecule has 88 valence electrons. The number of aliphatic hydroxyl groups is 1. The zero-order valence-corrected chi connectivity index (χ0v) is 9.47. The molecule has 5 atom stereocenters. The van der Waals surface area contributed by atoms with Gasteiger partial charge in [-0.25, -0.2) is 0 Å². The normalized spacial score (nSPS) is 49.0. The Kier molecular flexibility index (Phi) is 2.77. The Morgan fingerprint density at radius 1 is 1.20 bits per heavy atom. The summed E-state index contributed by atoms with van der Waals surface area (Å²) < 4.78 is 21.9. The molecule has 0 bridgehead atoms. The number of hydrogen-bond acceptors (Lipinski definition) is 5. The van der Waals surface area contributed by atoms with E-state index in [9.17, 15) is 5.11 Å². The summed E-state index contributed by atoms with van der Waals surface area (Å²) in [7, 11) is 1.56. The zero-order chi connectivity index (χ0) is 11.2. The van der Waals surface area contributed by atoms with Crippen LogP contribution >= 0.6 is 0 Å². The molecule has 0 aliphatic carbocycles. The average molecular weight is 218 g/mol. The molecule has 0 unspecified atom stereocenters. The quantitative estimate of drug-likeness (QED) is 0.684. The molecule has 0 saturated carbocycles. The molecule has 2 fully saturated rings. The molecule has 15 heavy (non-hydrogen) atoms. The van der Waals surface area contributed by atoms with Crippen molar-refractivity contribution in [2.75, 3.05) is 7.11 Å². The minimum atomic E-state index is -0.694. The molecule has 0 amide bonds. The Labute approximate surface area is 89.3 Å². The van der Waals surface area contributed by atoms with E-state index in [-0.39, 0.29) is 18.3 Å². The fraction of sp³-hybridized carbons (Fsp3) is 1.00. The second-order valence-electron chi connectivity index (χ2n) is 4.50. The molecule has 5 heteroatoms. The van der Waals surface area contributed by atoms with Crippen molar-refractivity contribution < 1.29 is 24.1 Å². The maximum atomic E-state index is 9.91. The van der Waals surface area contributed by atoms with Crippen LogP contribution in [-0.2, 0) is 18.9 Å². The van der Waals surface area contributed by atoms with Gasteiger partial charge in [-0.3, -0.25) is 0 Å². The largest absolute Gasteiger partial charge is 0.388 e. The van der Waals surface area contributed by atoms with Crippen LogP contribution in [0.1, 0.15) is 20.8 Å². The van der Waals surface area contributed by atoms with E-state index in [4.69, 9.17) is 18.9 Å². The van der Waals surface area contributed by atoms with Crippen LogP contribution < -0.4 is 0 Å². The molecule has 2 saturated heterocycles. The van der Waals surface area contributed by atoms with Crippen LogP contribution in [0.5, 0.6) is 0 Å². The fourth-order valence-electron chi connectivity index (χ4n) is 2.12. The average Bonchev–Trinajstić information content (AvgIpc) is 2.48. The molecular weight excluding hydrogens is 200 g/mol. The number of fused-ring (bicyclic) bond motifs is 1. The number of hydrogen-bond donors (Lipinski definition) is 1. The summed E-state index contributed by atoms with van der Waals surface area (Å²) in [5, 5.41) is 9.91. The van der Waals surface area contributed by atoms with Crippen LogP contribution in [0.4, 0.5) is 0 Å². The van der Waals surface area contributed by atoms with Gasteiger partial charge in [-0.15, -0.1) is 0 Å². The van der Waals surface area contributed by atoms with E-state index in [1.54, 1.807) is 14.0 Å². The maximum Gasteiger partial charge on any atom is 0.186 e. The third kappa shape index (κ3) is 1.90. The number of ether oxygens (including phenoxy) is 4. The molecule has 0 aromatic rings. The van der Waals surface area contributed by atoms with Crippen LogP contribution in [0.3, 0.4) is 0 Å². The second-order valence-corrected chi connectivity index (χ2v) is 4.50. The Morgan fingerprint density at radius 2 is 1.80 bits per heavy atom. The van der Waals surface area contributed by atoms with Crippen molar-refractivity contribution in [2.24, 2.45) is 0 Å². The maximum absolute atomic E-state index is 9.91. The fourth-order valence-corrected chi connectivity index (χ4v) is 2.12. The molecule has 5 nitrogen and oxygen atoms in total. The first kappa shape index (κ1) is 11.3. The second kappa shape index (κ2) is 3.68. The number of methoxy groups -OCH3 is 1. The van der Waals surface area contributed by atoms with Crippen LogP contribution in [-0.4, -0.2) is 48.7 Å². The summed E-state index contributed by atoms with van der Waals surface area (Å²) in [5.41, 5.74) is 0. The third-order valence-corrected chi connectivity index (χ3v) is 2.83. The molecule has 1 N–H and O–H groups in total. The lowest BCUT2D eigenvalue weighted by Gasteiger charge is -2.37. The van der Waals surface area contributed by atoms with Crippen molar-refractivity contribution in [3.05, 3.63) is 0 Å². The highest BCUT2D eigenvalue weighted by Crippen LogP contribution is 2.37. The van der Waals surface area contributed by atoms with E-state index >= 15 is 0 Å². The predicted molar refractivity (Wildman–Crippen MR) is 51.2 cm³/mol. The lowest BCUT2D eigenvalue weighted by atomic mass is 10.0. The Balaban J connectivity index is 2.18. The van der Waals surface area contributed by atoms with Gasteiger partial charge in [-0.2, -0.15) is 0 Å². The summed E-state index contributed by atoms with van der Waals surface area (Å²) in [6.45, 7) is 5.42. The van der Waals surface area contributed by atoms with Gasteiger partial charge in [-0.1, -0.05) is 0 Å². The van der Waals surface area contributed by atoms with Crippen molar-refractivity contribution >= 4 is 0 Å². The van der Waals surface area contributed by atoms with E-state index in [2.05, 4.69) is 0 Å². The minimum Gasteiger partial charge on any atom is -0.388 e. The highest BCUT2D eigenvalue weighted by atomic mass is 16.8. The van der Waals surface area contributed by atoms with E-state index in [0.717, 1.165) is 0 Å². The topological polar surface area (TPSA) is 57.2 Å². The molecule has 0 radical (unpaired) electrons. The molecule has 2 aliphatic rings. The summed E-state index contributed by atoms with van der Waals surface area (Å²) in [6.07, 6.45) is -2.21. The Bertz CT molecular complexity index is 234. The molecule has 0 aromatic carbocycles. The molecule has 2 heterocycles. The highest BCUT2D eigenvalue weighted by molar-refractivity contribution is 4.94. The third-order valence-electron chi connectivity index (χ3n) is 2.83. The van der Waals surface area contributed by atoms with Crippen molar-refractivity contribution in [3.63, 3.8) is 0 Å². The van der Waals surface area contributed by atoms with Crippen LogP contribution in [0.15, 0.2) is 0 Å². The summed E-state index contributed by atoms with van der Waals surface area (Å²) in [4.78, 5) is 0. The van der Waals surface area contributed by atoms with Gasteiger partial charge in [0.05, 0.1) is 6.10 Å². The Hall–Kier alpha value is -0.200. The number of rotatable bonds is 1. The molecular formula is C10H18O5. The van der Waals surface area contributed by atoms with Crippen molar-refractivity contribution in [1.82, 2.24) is 0 Å².